The highest BCUT2D eigenvalue weighted by Crippen LogP contribution is 2.48. The van der Waals surface area contributed by atoms with Gasteiger partial charge in [0.15, 0.2) is 0 Å². The van der Waals surface area contributed by atoms with Gasteiger partial charge in [-0.3, -0.25) is 19.7 Å². The summed E-state index contributed by atoms with van der Waals surface area (Å²) in [6, 6.07) is 3.74. The van der Waals surface area contributed by atoms with Crippen molar-refractivity contribution in [2.24, 2.45) is 11.8 Å². The number of rotatable bonds is 5. The quantitative estimate of drug-likeness (QED) is 0.751. The van der Waals surface area contributed by atoms with Crippen LogP contribution in [0.15, 0.2) is 18.3 Å². The summed E-state index contributed by atoms with van der Waals surface area (Å²) >= 11 is 0. The van der Waals surface area contributed by atoms with Gasteiger partial charge >= 0.3 is 0 Å². The predicted molar refractivity (Wildman–Crippen MR) is 95.1 cm³/mol. The summed E-state index contributed by atoms with van der Waals surface area (Å²) in [4.78, 5) is 46.1. The third-order valence-corrected chi connectivity index (χ3v) is 6.26. The van der Waals surface area contributed by atoms with E-state index in [-0.39, 0.29) is 17.9 Å². The largest absolute Gasteiger partial charge is 0.355 e. The standard InChI is InChI=1S/C19H24N4O4/c1-20-19(18(26)22-11-24)9-13(10-19)17(25)23-15(12-5-2-3-6-12)14-7-4-8-21-16(14)27-23/h4,7-8,11-13,15,20H,2-3,5-6,9-10H2,1H3,(H,22,24,26). The van der Waals surface area contributed by atoms with Gasteiger partial charge in [-0.1, -0.05) is 12.8 Å². The van der Waals surface area contributed by atoms with E-state index in [4.69, 9.17) is 4.84 Å². The number of carbonyl (C=O) groups is 3. The van der Waals surface area contributed by atoms with Crippen molar-refractivity contribution in [3.05, 3.63) is 23.9 Å². The Morgan fingerprint density at radius 3 is 2.74 bits per heavy atom. The summed E-state index contributed by atoms with van der Waals surface area (Å²) in [6.45, 7) is 0. The number of imide groups is 1. The Bertz CT molecular complexity index is 756. The zero-order valence-corrected chi connectivity index (χ0v) is 15.3. The number of fused-ring (bicyclic) bond motifs is 1. The van der Waals surface area contributed by atoms with Gasteiger partial charge in [0.05, 0.1) is 5.54 Å². The first kappa shape index (κ1) is 17.9. The normalized spacial score (nSPS) is 29.6. The van der Waals surface area contributed by atoms with E-state index in [0.717, 1.165) is 31.2 Å². The van der Waals surface area contributed by atoms with Gasteiger partial charge in [-0.15, -0.1) is 0 Å². The molecule has 4 rings (SSSR count). The zero-order chi connectivity index (χ0) is 19.0. The average molecular weight is 372 g/mol. The highest BCUT2D eigenvalue weighted by atomic mass is 16.7. The van der Waals surface area contributed by atoms with Crippen molar-refractivity contribution in [2.75, 3.05) is 7.05 Å². The molecule has 0 spiro atoms. The molecule has 0 saturated heterocycles. The molecule has 0 bridgehead atoms. The van der Waals surface area contributed by atoms with E-state index in [0.29, 0.717) is 31.0 Å². The molecule has 1 aromatic heterocycles. The van der Waals surface area contributed by atoms with E-state index in [2.05, 4.69) is 15.6 Å². The van der Waals surface area contributed by atoms with Crippen molar-refractivity contribution in [2.45, 2.75) is 50.1 Å². The third kappa shape index (κ3) is 2.88. The summed E-state index contributed by atoms with van der Waals surface area (Å²) in [7, 11) is 1.67. The van der Waals surface area contributed by atoms with Gasteiger partial charge < -0.3 is 10.2 Å². The lowest BCUT2D eigenvalue weighted by molar-refractivity contribution is -0.176. The van der Waals surface area contributed by atoms with Crippen LogP contribution in [0.2, 0.25) is 0 Å². The fourth-order valence-electron chi connectivity index (χ4n) is 4.71. The lowest BCUT2D eigenvalue weighted by Gasteiger charge is -2.46. The molecular formula is C19H24N4O4. The van der Waals surface area contributed by atoms with Crippen LogP contribution in [0.5, 0.6) is 5.88 Å². The van der Waals surface area contributed by atoms with Gasteiger partial charge in [-0.05, 0) is 50.8 Å². The zero-order valence-electron chi connectivity index (χ0n) is 15.3. The van der Waals surface area contributed by atoms with Crippen molar-refractivity contribution < 1.29 is 19.2 Å². The second-order valence-corrected chi connectivity index (χ2v) is 7.67. The minimum Gasteiger partial charge on any atom is -0.355 e. The Balaban J connectivity index is 1.52. The molecule has 3 aliphatic rings. The summed E-state index contributed by atoms with van der Waals surface area (Å²) in [5.74, 6) is 0.0268. The summed E-state index contributed by atoms with van der Waals surface area (Å²) < 4.78 is 0. The van der Waals surface area contributed by atoms with E-state index < -0.39 is 11.4 Å². The predicted octanol–water partition coefficient (Wildman–Crippen LogP) is 1.09. The number of pyridine rings is 1. The number of aromatic nitrogens is 1. The van der Waals surface area contributed by atoms with E-state index in [1.165, 1.54) is 5.06 Å². The maximum Gasteiger partial charge on any atom is 0.259 e. The van der Waals surface area contributed by atoms with Crippen LogP contribution >= 0.6 is 0 Å². The van der Waals surface area contributed by atoms with E-state index in [9.17, 15) is 14.4 Å². The van der Waals surface area contributed by atoms with Crippen LogP contribution in [0.3, 0.4) is 0 Å². The molecule has 27 heavy (non-hydrogen) atoms. The van der Waals surface area contributed by atoms with E-state index >= 15 is 0 Å². The molecule has 2 saturated carbocycles. The number of hydrogen-bond donors (Lipinski definition) is 2. The summed E-state index contributed by atoms with van der Waals surface area (Å²) in [5, 5.41) is 6.65. The molecule has 2 fully saturated rings. The van der Waals surface area contributed by atoms with Gasteiger partial charge in [0.25, 0.3) is 11.8 Å². The summed E-state index contributed by atoms with van der Waals surface area (Å²) in [5.41, 5.74) is 0.0882. The molecule has 1 aliphatic heterocycles. The molecule has 1 atom stereocenters. The maximum absolute atomic E-state index is 13.2. The smallest absolute Gasteiger partial charge is 0.259 e. The molecule has 1 unspecified atom stereocenters. The van der Waals surface area contributed by atoms with E-state index in [1.54, 1.807) is 13.2 Å². The molecule has 0 aromatic carbocycles. The Morgan fingerprint density at radius 2 is 2.07 bits per heavy atom. The number of nitrogens with zero attached hydrogens (tertiary/aromatic N) is 2. The topological polar surface area (TPSA) is 101 Å². The Hall–Kier alpha value is -2.48. The molecule has 0 radical (unpaired) electrons. The molecule has 144 valence electrons. The van der Waals surface area contributed by atoms with Crippen LogP contribution < -0.4 is 15.5 Å². The molecule has 8 nitrogen and oxygen atoms in total. The van der Waals surface area contributed by atoms with Crippen molar-refractivity contribution in [3.8, 4) is 5.88 Å². The lowest BCUT2D eigenvalue weighted by atomic mass is 9.67. The number of likely N-dealkylation sites (N-methyl/N-ethyl adjacent to an activating group) is 1. The van der Waals surface area contributed by atoms with Gasteiger partial charge in [0.2, 0.25) is 12.3 Å². The molecule has 8 heteroatoms. The fourth-order valence-corrected chi connectivity index (χ4v) is 4.71. The number of amides is 3. The highest BCUT2D eigenvalue weighted by molar-refractivity contribution is 5.96. The number of nitrogens with one attached hydrogen (secondary N) is 2. The molecule has 2 N–H and O–H groups in total. The fraction of sp³-hybridized carbons (Fsp3) is 0.579. The van der Waals surface area contributed by atoms with E-state index in [1.807, 2.05) is 12.1 Å². The van der Waals surface area contributed by atoms with Gasteiger partial charge in [0.1, 0.15) is 6.04 Å². The van der Waals surface area contributed by atoms with Crippen LogP contribution in [0.4, 0.5) is 0 Å². The second kappa shape index (κ2) is 6.92. The first-order chi connectivity index (χ1) is 13.1. The Labute approximate surface area is 157 Å². The van der Waals surface area contributed by atoms with Crippen LogP contribution in [0, 0.1) is 11.8 Å². The molecule has 2 heterocycles. The average Bonchev–Trinajstić information content (AvgIpc) is 3.28. The van der Waals surface area contributed by atoms with Crippen molar-refractivity contribution >= 4 is 18.2 Å². The van der Waals surface area contributed by atoms with Gasteiger partial charge in [-0.2, -0.15) is 5.06 Å². The van der Waals surface area contributed by atoms with Crippen LogP contribution in [-0.2, 0) is 14.4 Å². The van der Waals surface area contributed by atoms with Crippen molar-refractivity contribution in [3.63, 3.8) is 0 Å². The van der Waals surface area contributed by atoms with Crippen molar-refractivity contribution in [1.29, 1.82) is 0 Å². The lowest BCUT2D eigenvalue weighted by Crippen LogP contribution is -2.65. The Morgan fingerprint density at radius 1 is 1.33 bits per heavy atom. The van der Waals surface area contributed by atoms with Gasteiger partial charge in [-0.25, -0.2) is 4.98 Å². The first-order valence-electron chi connectivity index (χ1n) is 9.49. The van der Waals surface area contributed by atoms with Crippen LogP contribution in [0.25, 0.3) is 0 Å². The van der Waals surface area contributed by atoms with Crippen molar-refractivity contribution in [1.82, 2.24) is 20.7 Å². The van der Waals surface area contributed by atoms with Crippen LogP contribution in [0.1, 0.15) is 50.1 Å². The number of hydroxylamine groups is 2. The van der Waals surface area contributed by atoms with Crippen LogP contribution in [-0.4, -0.2) is 40.9 Å². The maximum atomic E-state index is 13.2. The minimum atomic E-state index is -0.880. The second-order valence-electron chi connectivity index (χ2n) is 7.67. The first-order valence-corrected chi connectivity index (χ1v) is 9.49. The Kier molecular flexibility index (Phi) is 4.59. The van der Waals surface area contributed by atoms with Gasteiger partial charge in [0, 0.05) is 17.7 Å². The monoisotopic (exact) mass is 372 g/mol. The molecule has 3 amide bonds. The number of hydrogen-bond acceptors (Lipinski definition) is 6. The molecular weight excluding hydrogens is 348 g/mol. The highest BCUT2D eigenvalue weighted by Gasteiger charge is 2.55. The molecule has 2 aliphatic carbocycles. The molecule has 1 aromatic rings. The third-order valence-electron chi connectivity index (χ3n) is 6.26. The SMILES string of the molecule is CNC1(C(=O)NC=O)CC(C(=O)N2Oc3ncccc3C2C2CCCC2)C1. The minimum absolute atomic E-state index is 0.114. The number of carbonyl (C=O) groups excluding carboxylic acids is 3. The summed E-state index contributed by atoms with van der Waals surface area (Å²) in [6.07, 6.45) is 7.17.